The Morgan fingerprint density at radius 1 is 0.786 bits per heavy atom. The van der Waals surface area contributed by atoms with Crippen LogP contribution in [0.25, 0.3) is 0 Å². The number of carboxylic acids is 2. The number of ether oxygens (including phenoxy) is 2. The molecule has 8 nitrogen and oxygen atoms in total. The molecule has 8 heteroatoms. The Labute approximate surface area is 251 Å². The summed E-state index contributed by atoms with van der Waals surface area (Å²) in [7, 11) is 0. The van der Waals surface area contributed by atoms with Gasteiger partial charge in [0.05, 0.1) is 0 Å². The summed E-state index contributed by atoms with van der Waals surface area (Å²) in [5.74, 6) is -3.55. The van der Waals surface area contributed by atoms with E-state index in [0.29, 0.717) is 5.57 Å². The van der Waals surface area contributed by atoms with Gasteiger partial charge >= 0.3 is 23.9 Å². The Kier molecular flexibility index (Phi) is 18.9. The number of esters is 2. The molecule has 0 radical (unpaired) electrons. The van der Waals surface area contributed by atoms with E-state index in [1.807, 2.05) is 0 Å². The molecular weight excluding hydrogens is 536 g/mol. The van der Waals surface area contributed by atoms with Crippen LogP contribution in [-0.2, 0) is 28.7 Å². The monoisotopic (exact) mass is 588 g/mol. The van der Waals surface area contributed by atoms with E-state index in [2.05, 4.69) is 19.9 Å². The second-order valence-corrected chi connectivity index (χ2v) is 11.2. The van der Waals surface area contributed by atoms with Crippen molar-refractivity contribution >= 4 is 23.9 Å². The number of rotatable bonds is 21. The van der Waals surface area contributed by atoms with Crippen LogP contribution in [0.2, 0.25) is 0 Å². The molecule has 2 N–H and O–H groups in total. The zero-order valence-electron chi connectivity index (χ0n) is 26.0. The lowest BCUT2D eigenvalue weighted by molar-refractivity contribution is -0.141. The number of hydrogen-bond donors (Lipinski definition) is 2. The number of aliphatic carboxylic acids is 2. The first kappa shape index (κ1) is 36.9. The van der Waals surface area contributed by atoms with Crippen molar-refractivity contribution in [3.63, 3.8) is 0 Å². The Balaban J connectivity index is 3.71. The van der Waals surface area contributed by atoms with E-state index >= 15 is 0 Å². The van der Waals surface area contributed by atoms with Crippen molar-refractivity contribution in [2.45, 2.75) is 105 Å². The van der Waals surface area contributed by atoms with Crippen LogP contribution in [0.4, 0.5) is 0 Å². The van der Waals surface area contributed by atoms with Crippen molar-refractivity contribution in [2.75, 3.05) is 13.2 Å². The lowest BCUT2D eigenvalue weighted by atomic mass is 9.62. The number of unbranched alkanes of at least 4 members (excludes halogenated alkanes) is 8. The van der Waals surface area contributed by atoms with E-state index in [9.17, 15) is 29.4 Å². The number of allylic oxidation sites excluding steroid dienone is 4. The third-order valence-corrected chi connectivity index (χ3v) is 7.84. The van der Waals surface area contributed by atoms with Gasteiger partial charge in [-0.05, 0) is 41.7 Å². The third-order valence-electron chi connectivity index (χ3n) is 7.84. The second kappa shape index (κ2) is 21.5. The SMILES string of the molecule is CCCCCCC[C@H]1[C@H](/C(=C/C=C/C(=O)O)COC(C)=O)[C@@H](/C=C/C(=O)O)C(COC(C)=O)=C[C@H]1CCCCCCC. The number of hydrogen-bond acceptors (Lipinski definition) is 6. The summed E-state index contributed by atoms with van der Waals surface area (Å²) in [5, 5.41) is 18.7. The van der Waals surface area contributed by atoms with Gasteiger partial charge in [-0.25, -0.2) is 9.59 Å². The Bertz CT molecular complexity index is 974. The highest BCUT2D eigenvalue weighted by atomic mass is 16.5. The van der Waals surface area contributed by atoms with Gasteiger partial charge in [0.25, 0.3) is 0 Å². The van der Waals surface area contributed by atoms with Crippen LogP contribution in [-0.4, -0.2) is 47.3 Å². The van der Waals surface area contributed by atoms with Crippen molar-refractivity contribution in [1.82, 2.24) is 0 Å². The molecule has 1 aliphatic carbocycles. The standard InChI is InChI=1S/C34H52O8/c1-5-7-9-11-13-16-27-22-29(24-42-26(4)36)31(20-21-33(39)40)34(30(27)18-14-12-10-8-6-2)28(23-41-25(3)35)17-15-19-32(37)38/h15,17,19-22,27,30-31,34H,5-14,16,18,23-24H2,1-4H3,(H,37,38)(H,39,40)/b19-15+,21-20+,28-17+/t27-,30-,31+,34+/m1/s1. The minimum atomic E-state index is -1.10. The van der Waals surface area contributed by atoms with Gasteiger partial charge in [-0.1, -0.05) is 102 Å². The van der Waals surface area contributed by atoms with Gasteiger partial charge in [0.2, 0.25) is 0 Å². The van der Waals surface area contributed by atoms with Gasteiger partial charge in [-0.3, -0.25) is 9.59 Å². The summed E-state index contributed by atoms with van der Waals surface area (Å²) < 4.78 is 10.9. The highest BCUT2D eigenvalue weighted by Crippen LogP contribution is 2.47. The molecule has 0 fully saturated rings. The van der Waals surface area contributed by atoms with Gasteiger partial charge < -0.3 is 19.7 Å². The number of carbonyl (C=O) groups is 4. The number of carbonyl (C=O) groups excluding carboxylic acids is 2. The Morgan fingerprint density at radius 2 is 1.36 bits per heavy atom. The molecule has 236 valence electrons. The highest BCUT2D eigenvalue weighted by molar-refractivity contribution is 5.80. The average Bonchev–Trinajstić information content (AvgIpc) is 2.92. The van der Waals surface area contributed by atoms with E-state index < -0.39 is 29.8 Å². The third kappa shape index (κ3) is 15.2. The second-order valence-electron chi connectivity index (χ2n) is 11.2. The van der Waals surface area contributed by atoms with Crippen LogP contribution in [0.3, 0.4) is 0 Å². The normalized spacial score (nSPS) is 21.0. The van der Waals surface area contributed by atoms with Crippen LogP contribution in [0.5, 0.6) is 0 Å². The van der Waals surface area contributed by atoms with E-state index in [4.69, 9.17) is 9.47 Å². The largest absolute Gasteiger partial charge is 0.478 e. The zero-order valence-corrected chi connectivity index (χ0v) is 26.0. The van der Waals surface area contributed by atoms with E-state index in [1.165, 1.54) is 39.2 Å². The fraction of sp³-hybridized carbons (Fsp3) is 0.647. The fourth-order valence-electron chi connectivity index (χ4n) is 5.89. The molecule has 0 heterocycles. The van der Waals surface area contributed by atoms with Crippen LogP contribution >= 0.6 is 0 Å². The zero-order chi connectivity index (χ0) is 31.3. The quantitative estimate of drug-likeness (QED) is 0.0465. The summed E-state index contributed by atoms with van der Waals surface area (Å²) in [6.45, 7) is 7.02. The first-order valence-electron chi connectivity index (χ1n) is 15.6. The maximum absolute atomic E-state index is 11.9. The van der Waals surface area contributed by atoms with E-state index in [-0.39, 0.29) is 31.0 Å². The first-order chi connectivity index (χ1) is 20.1. The van der Waals surface area contributed by atoms with E-state index in [0.717, 1.165) is 75.5 Å². The van der Waals surface area contributed by atoms with Crippen LogP contribution < -0.4 is 0 Å². The summed E-state index contributed by atoms with van der Waals surface area (Å²) in [6.07, 6.45) is 22.1. The van der Waals surface area contributed by atoms with Crippen molar-refractivity contribution in [3.05, 3.63) is 47.6 Å². The van der Waals surface area contributed by atoms with Gasteiger partial charge in [-0.2, -0.15) is 0 Å². The Hall–Kier alpha value is -3.16. The molecule has 0 unspecified atom stereocenters. The van der Waals surface area contributed by atoms with Gasteiger partial charge in [-0.15, -0.1) is 0 Å². The van der Waals surface area contributed by atoms with Gasteiger partial charge in [0.15, 0.2) is 0 Å². The molecule has 0 bridgehead atoms. The molecule has 0 spiro atoms. The molecule has 4 atom stereocenters. The molecule has 1 aliphatic rings. The lowest BCUT2D eigenvalue weighted by Gasteiger charge is -2.43. The molecule has 0 saturated heterocycles. The van der Waals surface area contributed by atoms with Crippen molar-refractivity contribution < 1.29 is 38.9 Å². The van der Waals surface area contributed by atoms with E-state index in [1.54, 1.807) is 12.2 Å². The Morgan fingerprint density at radius 3 is 1.90 bits per heavy atom. The van der Waals surface area contributed by atoms with Crippen molar-refractivity contribution in [3.8, 4) is 0 Å². The summed E-state index contributed by atoms with van der Waals surface area (Å²) >= 11 is 0. The molecule has 0 aromatic carbocycles. The van der Waals surface area contributed by atoms with Gasteiger partial charge in [0, 0.05) is 31.9 Å². The maximum atomic E-state index is 11.9. The maximum Gasteiger partial charge on any atom is 0.328 e. The van der Waals surface area contributed by atoms with Gasteiger partial charge in [0.1, 0.15) is 13.2 Å². The van der Waals surface area contributed by atoms with Crippen molar-refractivity contribution in [1.29, 1.82) is 0 Å². The molecule has 0 saturated carbocycles. The summed E-state index contributed by atoms with van der Waals surface area (Å²) in [6, 6.07) is 0. The minimum absolute atomic E-state index is 0.0296. The van der Waals surface area contributed by atoms with Crippen molar-refractivity contribution in [2.24, 2.45) is 23.7 Å². The lowest BCUT2D eigenvalue weighted by Crippen LogP contribution is -2.37. The molecule has 1 rings (SSSR count). The smallest absolute Gasteiger partial charge is 0.328 e. The highest BCUT2D eigenvalue weighted by Gasteiger charge is 2.40. The molecule has 0 aromatic rings. The fourth-order valence-corrected chi connectivity index (χ4v) is 5.89. The van der Waals surface area contributed by atoms with Crippen LogP contribution in [0.15, 0.2) is 47.6 Å². The van der Waals surface area contributed by atoms with Crippen LogP contribution in [0, 0.1) is 23.7 Å². The molecule has 0 aromatic heterocycles. The molecule has 42 heavy (non-hydrogen) atoms. The molecule has 0 amide bonds. The minimum Gasteiger partial charge on any atom is -0.478 e. The number of carboxylic acid groups (broad SMARTS) is 2. The predicted octanol–water partition coefficient (Wildman–Crippen LogP) is 7.45. The molecule has 0 aliphatic heterocycles. The average molecular weight is 589 g/mol. The summed E-state index contributed by atoms with van der Waals surface area (Å²) in [5.41, 5.74) is 1.52. The predicted molar refractivity (Wildman–Crippen MR) is 164 cm³/mol. The topological polar surface area (TPSA) is 127 Å². The first-order valence-corrected chi connectivity index (χ1v) is 15.6. The summed E-state index contributed by atoms with van der Waals surface area (Å²) in [4.78, 5) is 46.6. The van der Waals surface area contributed by atoms with Crippen LogP contribution in [0.1, 0.15) is 105 Å². The molecular formula is C34H52O8.